The van der Waals surface area contributed by atoms with Gasteiger partial charge in [0.05, 0.1) is 20.3 Å². The Kier molecular flexibility index (Phi) is 14.5. The summed E-state index contributed by atoms with van der Waals surface area (Å²) in [7, 11) is 1.33. The van der Waals surface area contributed by atoms with Crippen LogP contribution in [0.1, 0.15) is 37.8 Å². The molecule has 43 heavy (non-hydrogen) atoms. The molecule has 0 spiro atoms. The first kappa shape index (κ1) is 34.1. The normalized spacial score (nSPS) is 13.3. The van der Waals surface area contributed by atoms with E-state index in [1.807, 2.05) is 59.7 Å². The van der Waals surface area contributed by atoms with Gasteiger partial charge in [-0.15, -0.1) is 0 Å². The van der Waals surface area contributed by atoms with Gasteiger partial charge in [0, 0.05) is 19.1 Å². The van der Waals surface area contributed by atoms with E-state index in [1.54, 1.807) is 11.8 Å². The van der Waals surface area contributed by atoms with Gasteiger partial charge in [-0.2, -0.15) is 11.8 Å². The number of amides is 2. The van der Waals surface area contributed by atoms with Crippen LogP contribution in [0, 0.1) is 5.92 Å². The molecule has 0 aliphatic rings. The summed E-state index contributed by atoms with van der Waals surface area (Å²) in [5.74, 6) is -0.0478. The van der Waals surface area contributed by atoms with Gasteiger partial charge in [0.2, 0.25) is 11.8 Å². The van der Waals surface area contributed by atoms with Gasteiger partial charge < -0.3 is 20.1 Å². The van der Waals surface area contributed by atoms with E-state index in [-0.39, 0.29) is 36.9 Å². The fraction of sp³-hybridized carbons (Fsp3) is 0.441. The van der Waals surface area contributed by atoms with Crippen LogP contribution in [-0.4, -0.2) is 73.6 Å². The summed E-state index contributed by atoms with van der Waals surface area (Å²) in [5, 5.41) is 8.28. The predicted molar refractivity (Wildman–Crippen MR) is 174 cm³/mol. The van der Waals surface area contributed by atoms with E-state index in [1.165, 1.54) is 7.11 Å². The Labute approximate surface area is 259 Å². The molecule has 0 heterocycles. The fourth-order valence-electron chi connectivity index (χ4n) is 4.94. The number of nitrogens with zero attached hydrogens (tertiary/aromatic N) is 1. The van der Waals surface area contributed by atoms with Crippen LogP contribution in [0.2, 0.25) is 0 Å². The molecule has 0 aliphatic carbocycles. The number of esters is 1. The molecular formula is C34H45N3O5S. The maximum Gasteiger partial charge on any atom is 0.328 e. The van der Waals surface area contributed by atoms with Crippen LogP contribution < -0.4 is 10.6 Å². The van der Waals surface area contributed by atoms with E-state index < -0.39 is 12.0 Å². The Hall–Kier alpha value is -3.40. The van der Waals surface area contributed by atoms with Crippen LogP contribution in [0.4, 0.5) is 0 Å². The maximum atomic E-state index is 13.3. The van der Waals surface area contributed by atoms with Gasteiger partial charge in [-0.3, -0.25) is 14.5 Å². The molecule has 3 rings (SSSR count). The highest BCUT2D eigenvalue weighted by Crippen LogP contribution is 2.21. The van der Waals surface area contributed by atoms with Crippen molar-refractivity contribution in [1.29, 1.82) is 0 Å². The number of benzene rings is 3. The molecule has 8 nitrogen and oxygen atoms in total. The van der Waals surface area contributed by atoms with E-state index in [0.717, 1.165) is 28.3 Å². The molecule has 3 aromatic carbocycles. The standard InChI is InChI=1S/C34H45N3O5S/c1-5-25(2)31(36-33(39)24-42-23-26-12-7-6-8-13-26)21-37(20-28-16-11-15-27-14-9-10-17-29(27)28)22-32(38)35-30(18-19-43-4)34(40)41-3/h6-17,25,30-31H,5,18-24H2,1-4H3,(H,35,38)(H,36,39)/t25-,30-,31+/m0/s1. The molecule has 0 aromatic heterocycles. The number of ether oxygens (including phenoxy) is 2. The van der Waals surface area contributed by atoms with E-state index >= 15 is 0 Å². The maximum absolute atomic E-state index is 13.3. The van der Waals surface area contributed by atoms with Crippen molar-refractivity contribution in [2.75, 3.05) is 38.8 Å². The topological polar surface area (TPSA) is 97.0 Å². The summed E-state index contributed by atoms with van der Waals surface area (Å²) in [6.07, 6.45) is 3.29. The first-order valence-corrected chi connectivity index (χ1v) is 16.2. The second-order valence-corrected chi connectivity index (χ2v) is 11.8. The summed E-state index contributed by atoms with van der Waals surface area (Å²) >= 11 is 1.61. The van der Waals surface area contributed by atoms with Crippen molar-refractivity contribution in [1.82, 2.24) is 15.5 Å². The van der Waals surface area contributed by atoms with Crippen molar-refractivity contribution in [3.05, 3.63) is 83.9 Å². The van der Waals surface area contributed by atoms with E-state index in [4.69, 9.17) is 9.47 Å². The summed E-state index contributed by atoms with van der Waals surface area (Å²) in [5.41, 5.74) is 2.09. The van der Waals surface area contributed by atoms with Crippen molar-refractivity contribution in [3.63, 3.8) is 0 Å². The summed E-state index contributed by atoms with van der Waals surface area (Å²) in [6.45, 7) is 5.49. The van der Waals surface area contributed by atoms with E-state index in [0.29, 0.717) is 31.9 Å². The number of hydrogen-bond donors (Lipinski definition) is 2. The van der Waals surface area contributed by atoms with Crippen LogP contribution in [0.15, 0.2) is 72.8 Å². The van der Waals surface area contributed by atoms with Gasteiger partial charge in [-0.1, -0.05) is 93.1 Å². The molecule has 0 saturated carbocycles. The van der Waals surface area contributed by atoms with Crippen molar-refractivity contribution in [2.24, 2.45) is 5.92 Å². The smallest absolute Gasteiger partial charge is 0.328 e. The third kappa shape index (κ3) is 11.3. The first-order chi connectivity index (χ1) is 20.8. The number of thioether (sulfide) groups is 1. The van der Waals surface area contributed by atoms with Crippen LogP contribution in [0.5, 0.6) is 0 Å². The zero-order chi connectivity index (χ0) is 31.0. The average Bonchev–Trinajstić information content (AvgIpc) is 3.02. The Morgan fingerprint density at radius 1 is 0.930 bits per heavy atom. The second kappa shape index (κ2) is 18.3. The molecule has 9 heteroatoms. The van der Waals surface area contributed by atoms with Crippen molar-refractivity contribution >= 4 is 40.3 Å². The molecule has 0 bridgehead atoms. The minimum atomic E-state index is -0.712. The predicted octanol–water partition coefficient (Wildman–Crippen LogP) is 4.80. The van der Waals surface area contributed by atoms with Gasteiger partial charge in [0.1, 0.15) is 12.6 Å². The Balaban J connectivity index is 1.76. The number of nitrogens with one attached hydrogen (secondary N) is 2. The highest BCUT2D eigenvalue weighted by molar-refractivity contribution is 7.98. The van der Waals surface area contributed by atoms with Crippen LogP contribution in [0.3, 0.4) is 0 Å². The minimum absolute atomic E-state index is 0.0537. The number of hydrogen-bond acceptors (Lipinski definition) is 7. The average molecular weight is 608 g/mol. The SMILES string of the molecule is CC[C@H](C)[C@@H](CN(CC(=O)N[C@@H](CCSC)C(=O)OC)Cc1cccc2ccccc12)NC(=O)COCc1ccccc1. The van der Waals surface area contributed by atoms with Crippen molar-refractivity contribution in [2.45, 2.75) is 51.9 Å². The first-order valence-electron chi connectivity index (χ1n) is 14.8. The van der Waals surface area contributed by atoms with Crippen molar-refractivity contribution in [3.8, 4) is 0 Å². The number of methoxy groups -OCH3 is 1. The van der Waals surface area contributed by atoms with Crippen LogP contribution in [-0.2, 0) is 37.0 Å². The van der Waals surface area contributed by atoms with Gasteiger partial charge in [-0.05, 0) is 46.2 Å². The monoisotopic (exact) mass is 607 g/mol. The van der Waals surface area contributed by atoms with Gasteiger partial charge in [0.15, 0.2) is 0 Å². The van der Waals surface area contributed by atoms with Crippen LogP contribution >= 0.6 is 11.8 Å². The number of carbonyl (C=O) groups is 3. The molecule has 0 unspecified atom stereocenters. The Bertz CT molecular complexity index is 1300. The number of carbonyl (C=O) groups excluding carboxylic acids is 3. The molecule has 2 N–H and O–H groups in total. The van der Waals surface area contributed by atoms with E-state index in [2.05, 4.69) is 48.7 Å². The van der Waals surface area contributed by atoms with Gasteiger partial charge in [-0.25, -0.2) is 4.79 Å². The molecular weight excluding hydrogens is 562 g/mol. The zero-order valence-electron chi connectivity index (χ0n) is 25.7. The van der Waals surface area contributed by atoms with Crippen LogP contribution in [0.25, 0.3) is 10.8 Å². The highest BCUT2D eigenvalue weighted by Gasteiger charge is 2.26. The Morgan fingerprint density at radius 2 is 1.65 bits per heavy atom. The lowest BCUT2D eigenvalue weighted by atomic mass is 9.97. The summed E-state index contributed by atoms with van der Waals surface area (Å²) < 4.78 is 10.6. The van der Waals surface area contributed by atoms with E-state index in [9.17, 15) is 14.4 Å². The summed E-state index contributed by atoms with van der Waals surface area (Å²) in [4.78, 5) is 40.7. The fourth-order valence-corrected chi connectivity index (χ4v) is 5.41. The lowest BCUT2D eigenvalue weighted by Gasteiger charge is -2.31. The molecule has 3 aromatic rings. The summed E-state index contributed by atoms with van der Waals surface area (Å²) in [6, 6.07) is 23.1. The zero-order valence-corrected chi connectivity index (χ0v) is 26.5. The van der Waals surface area contributed by atoms with Crippen molar-refractivity contribution < 1.29 is 23.9 Å². The number of fused-ring (bicyclic) bond motifs is 1. The molecule has 0 radical (unpaired) electrons. The molecule has 0 fully saturated rings. The molecule has 2 amide bonds. The van der Waals surface area contributed by atoms with Gasteiger partial charge in [0.25, 0.3) is 0 Å². The molecule has 3 atom stereocenters. The third-order valence-electron chi connectivity index (χ3n) is 7.55. The largest absolute Gasteiger partial charge is 0.467 e. The Morgan fingerprint density at radius 3 is 2.37 bits per heavy atom. The molecule has 0 saturated heterocycles. The van der Waals surface area contributed by atoms with Gasteiger partial charge >= 0.3 is 5.97 Å². The second-order valence-electron chi connectivity index (χ2n) is 10.8. The quantitative estimate of drug-likeness (QED) is 0.201. The molecule has 0 aliphatic heterocycles. The minimum Gasteiger partial charge on any atom is -0.467 e. The highest BCUT2D eigenvalue weighted by atomic mass is 32.2. The lowest BCUT2D eigenvalue weighted by Crippen LogP contribution is -2.51. The number of rotatable bonds is 18. The molecule has 232 valence electrons. The lowest BCUT2D eigenvalue weighted by molar-refractivity contribution is -0.145. The third-order valence-corrected chi connectivity index (χ3v) is 8.19.